The van der Waals surface area contributed by atoms with Gasteiger partial charge in [0.1, 0.15) is 27.8 Å². The summed E-state index contributed by atoms with van der Waals surface area (Å²) in [5.74, 6) is -0.610. The summed E-state index contributed by atoms with van der Waals surface area (Å²) >= 11 is 7.30. The van der Waals surface area contributed by atoms with Crippen molar-refractivity contribution in [1.29, 1.82) is 0 Å². The highest BCUT2D eigenvalue weighted by molar-refractivity contribution is 7.10. The first kappa shape index (κ1) is 21.7. The molecule has 1 fully saturated rings. The maximum atomic E-state index is 12.6. The molecule has 9 nitrogen and oxygen atoms in total. The summed E-state index contributed by atoms with van der Waals surface area (Å²) < 4.78 is 40.1. The number of nitrogens with one attached hydrogen (secondary N) is 1. The molecular weight excluding hydrogens is 456 g/mol. The molecule has 3 atom stereocenters. The van der Waals surface area contributed by atoms with E-state index in [1.54, 1.807) is 5.38 Å². The van der Waals surface area contributed by atoms with Gasteiger partial charge in [-0.1, -0.05) is 11.6 Å². The van der Waals surface area contributed by atoms with Crippen LogP contribution >= 0.6 is 22.9 Å². The molecule has 0 aliphatic carbocycles. The molecule has 4 rings (SSSR count). The number of aromatic nitrogens is 2. The van der Waals surface area contributed by atoms with Crippen LogP contribution in [0.2, 0.25) is 5.02 Å². The molecule has 0 bridgehead atoms. The van der Waals surface area contributed by atoms with Gasteiger partial charge >= 0.3 is 6.61 Å². The van der Waals surface area contributed by atoms with Gasteiger partial charge in [-0.3, -0.25) is 4.79 Å². The Morgan fingerprint density at radius 3 is 3.06 bits per heavy atom. The van der Waals surface area contributed by atoms with Gasteiger partial charge in [-0.2, -0.15) is 8.78 Å². The predicted molar refractivity (Wildman–Crippen MR) is 109 cm³/mol. The fraction of sp³-hybridized carbons (Fsp3) is 0.444. The standard InChI is InChI=1S/C18H18ClF2N5O4S/c1-8-2-9-5-28-17(22)26-18(9,7-29-8)15-25-12(6-31-15)24-14(27)13-11(19)3-10(4-23-13)30-16(20)21/h3-4,6,8-9,16H,2,5,7H2,1H3,(H2,22,26)(H,24,27)/t8-,9?,18?/m0/s1. The number of fused-ring (bicyclic) bond motifs is 1. The summed E-state index contributed by atoms with van der Waals surface area (Å²) in [7, 11) is 0. The van der Waals surface area contributed by atoms with Crippen molar-refractivity contribution in [2.75, 3.05) is 18.5 Å². The first-order chi connectivity index (χ1) is 14.8. The van der Waals surface area contributed by atoms with Crippen LogP contribution in [0.5, 0.6) is 5.75 Å². The lowest BCUT2D eigenvalue weighted by Gasteiger charge is -2.43. The van der Waals surface area contributed by atoms with Gasteiger partial charge in [-0.05, 0) is 13.3 Å². The summed E-state index contributed by atoms with van der Waals surface area (Å²) in [4.78, 5) is 25.4. The molecule has 3 N–H and O–H groups in total. The number of nitrogens with zero attached hydrogens (tertiary/aromatic N) is 3. The Morgan fingerprint density at radius 2 is 2.32 bits per heavy atom. The van der Waals surface area contributed by atoms with Crippen molar-refractivity contribution < 1.29 is 27.8 Å². The second kappa shape index (κ2) is 8.52. The lowest BCUT2D eigenvalue weighted by Crippen LogP contribution is -2.51. The zero-order chi connectivity index (χ0) is 22.2. The topological polar surface area (TPSA) is 121 Å². The van der Waals surface area contributed by atoms with Gasteiger partial charge in [0.05, 0.1) is 30.5 Å². The fourth-order valence-electron chi connectivity index (χ4n) is 3.54. The number of carbonyl (C=O) groups excluding carboxylic acids is 1. The Hall–Kier alpha value is -2.57. The first-order valence-electron chi connectivity index (χ1n) is 9.24. The Kier molecular flexibility index (Phi) is 5.95. The smallest absolute Gasteiger partial charge is 0.387 e. The molecule has 0 aromatic carbocycles. The number of nitrogens with two attached hydrogens (primary N) is 1. The fourth-order valence-corrected chi connectivity index (χ4v) is 4.74. The Bertz CT molecular complexity index is 1020. The molecule has 4 heterocycles. The number of pyridine rings is 1. The number of carbonyl (C=O) groups is 1. The van der Waals surface area contributed by atoms with Crippen molar-refractivity contribution in [2.24, 2.45) is 16.6 Å². The van der Waals surface area contributed by atoms with E-state index in [0.717, 1.165) is 18.7 Å². The van der Waals surface area contributed by atoms with Gasteiger partial charge in [-0.15, -0.1) is 11.3 Å². The number of aliphatic imine (C=N–C) groups is 1. The van der Waals surface area contributed by atoms with Crippen molar-refractivity contribution >= 4 is 40.7 Å². The van der Waals surface area contributed by atoms with Crippen LogP contribution in [0.4, 0.5) is 14.6 Å². The Labute approximate surface area is 184 Å². The lowest BCUT2D eigenvalue weighted by atomic mass is 9.79. The lowest BCUT2D eigenvalue weighted by molar-refractivity contribution is -0.0734. The molecule has 2 unspecified atom stereocenters. The van der Waals surface area contributed by atoms with Gasteiger partial charge in [0, 0.05) is 17.4 Å². The zero-order valence-corrected chi connectivity index (χ0v) is 17.8. The highest BCUT2D eigenvalue weighted by Crippen LogP contribution is 2.44. The summed E-state index contributed by atoms with van der Waals surface area (Å²) in [5.41, 5.74) is 4.88. The van der Waals surface area contributed by atoms with E-state index < -0.39 is 18.1 Å². The van der Waals surface area contributed by atoms with Crippen LogP contribution in [0.3, 0.4) is 0 Å². The number of anilines is 1. The highest BCUT2D eigenvalue weighted by atomic mass is 35.5. The van der Waals surface area contributed by atoms with Crippen LogP contribution in [0.25, 0.3) is 0 Å². The second-order valence-electron chi connectivity index (χ2n) is 7.11. The van der Waals surface area contributed by atoms with Crippen LogP contribution in [-0.4, -0.2) is 47.8 Å². The first-order valence-corrected chi connectivity index (χ1v) is 10.5. The number of ether oxygens (including phenoxy) is 3. The van der Waals surface area contributed by atoms with Crippen LogP contribution < -0.4 is 15.8 Å². The number of hydrogen-bond acceptors (Lipinski definition) is 9. The van der Waals surface area contributed by atoms with Gasteiger partial charge in [0.25, 0.3) is 11.9 Å². The summed E-state index contributed by atoms with van der Waals surface area (Å²) in [6, 6.07) is 1.16. The predicted octanol–water partition coefficient (Wildman–Crippen LogP) is 3.01. The third-order valence-corrected chi connectivity index (χ3v) is 6.29. The van der Waals surface area contributed by atoms with E-state index in [1.807, 2.05) is 6.92 Å². The summed E-state index contributed by atoms with van der Waals surface area (Å²) in [6.45, 7) is -0.351. The van der Waals surface area contributed by atoms with Gasteiger partial charge in [0.2, 0.25) is 0 Å². The maximum absolute atomic E-state index is 12.6. The number of amides is 1. The molecule has 2 aromatic heterocycles. The molecule has 31 heavy (non-hydrogen) atoms. The normalized spacial score (nSPS) is 25.4. The van der Waals surface area contributed by atoms with E-state index >= 15 is 0 Å². The molecular formula is C18H18ClF2N5O4S. The van der Waals surface area contributed by atoms with Crippen molar-refractivity contribution in [3.05, 3.63) is 33.4 Å². The number of rotatable bonds is 5. The van der Waals surface area contributed by atoms with Crippen LogP contribution in [0, 0.1) is 5.92 Å². The van der Waals surface area contributed by atoms with E-state index in [2.05, 4.69) is 25.0 Å². The van der Waals surface area contributed by atoms with Crippen molar-refractivity contribution in [3.8, 4) is 5.75 Å². The van der Waals surface area contributed by atoms with Gasteiger partial charge in [0.15, 0.2) is 0 Å². The molecule has 2 aliphatic heterocycles. The Balaban J connectivity index is 1.54. The maximum Gasteiger partial charge on any atom is 0.387 e. The second-order valence-corrected chi connectivity index (χ2v) is 8.38. The monoisotopic (exact) mass is 473 g/mol. The SMILES string of the molecule is C[C@H]1CC2COC(N)=NC2(c2nc(NC(=O)c3ncc(OC(F)F)cc3Cl)cs2)CO1. The van der Waals surface area contributed by atoms with Crippen LogP contribution in [0.1, 0.15) is 28.8 Å². The van der Waals surface area contributed by atoms with E-state index in [1.165, 1.54) is 11.3 Å². The number of alkyl halides is 2. The summed E-state index contributed by atoms with van der Waals surface area (Å²) in [6.07, 6.45) is 1.77. The average molecular weight is 474 g/mol. The average Bonchev–Trinajstić information content (AvgIpc) is 3.17. The Morgan fingerprint density at radius 1 is 1.52 bits per heavy atom. The van der Waals surface area contributed by atoms with E-state index in [4.69, 9.17) is 26.8 Å². The molecule has 13 heteroatoms. The molecule has 0 saturated carbocycles. The number of hydrogen-bond donors (Lipinski definition) is 2. The van der Waals surface area contributed by atoms with E-state index in [9.17, 15) is 13.6 Å². The van der Waals surface area contributed by atoms with Gasteiger partial charge < -0.3 is 25.3 Å². The number of amidine groups is 1. The van der Waals surface area contributed by atoms with Crippen molar-refractivity contribution in [1.82, 2.24) is 9.97 Å². The molecule has 0 spiro atoms. The van der Waals surface area contributed by atoms with Gasteiger partial charge in [-0.25, -0.2) is 15.0 Å². The minimum absolute atomic E-state index is 0.0248. The van der Waals surface area contributed by atoms with E-state index in [-0.39, 0.29) is 40.3 Å². The quantitative estimate of drug-likeness (QED) is 0.684. The third-order valence-electron chi connectivity index (χ3n) is 4.99. The third kappa shape index (κ3) is 4.41. The molecule has 2 aromatic rings. The minimum Gasteiger partial charge on any atom is -0.465 e. The minimum atomic E-state index is -3.03. The van der Waals surface area contributed by atoms with Crippen molar-refractivity contribution in [2.45, 2.75) is 31.6 Å². The highest BCUT2D eigenvalue weighted by Gasteiger charge is 2.50. The van der Waals surface area contributed by atoms with Crippen LogP contribution in [-0.2, 0) is 15.0 Å². The molecule has 0 radical (unpaired) electrons. The van der Waals surface area contributed by atoms with Crippen molar-refractivity contribution in [3.63, 3.8) is 0 Å². The number of halogens is 3. The molecule has 1 saturated heterocycles. The molecule has 1 amide bonds. The van der Waals surface area contributed by atoms with Crippen LogP contribution in [0.15, 0.2) is 22.6 Å². The molecule has 166 valence electrons. The zero-order valence-electron chi connectivity index (χ0n) is 16.2. The molecule has 2 aliphatic rings. The summed E-state index contributed by atoms with van der Waals surface area (Å²) in [5, 5.41) is 4.75. The largest absolute Gasteiger partial charge is 0.465 e. The van der Waals surface area contributed by atoms with E-state index in [0.29, 0.717) is 18.2 Å². The number of thiazole rings is 1.